The number of carbonyl (C=O) groups excluding carboxylic acids is 3. The number of carbonyl (C=O) groups is 3. The lowest BCUT2D eigenvalue weighted by molar-refractivity contribution is -0.144. The Balaban J connectivity index is 1.35. The summed E-state index contributed by atoms with van der Waals surface area (Å²) in [6.45, 7) is 1.40. The fraction of sp³-hybridized carbons (Fsp3) is 0.471. The van der Waals surface area contributed by atoms with Crippen LogP contribution < -0.4 is 0 Å². The molecule has 1 saturated heterocycles. The van der Waals surface area contributed by atoms with Crippen molar-refractivity contribution in [2.75, 3.05) is 19.8 Å². The van der Waals surface area contributed by atoms with Crippen molar-refractivity contribution < 1.29 is 23.9 Å². The Hall–Kier alpha value is -2.21. The molecule has 2 amide bonds. The van der Waals surface area contributed by atoms with Crippen LogP contribution in [0.4, 0.5) is 0 Å². The van der Waals surface area contributed by atoms with Crippen molar-refractivity contribution in [1.29, 1.82) is 0 Å². The number of amides is 2. The van der Waals surface area contributed by atoms with Gasteiger partial charge in [-0.3, -0.25) is 19.3 Å². The molecule has 0 saturated carbocycles. The number of nitrogens with zero attached hydrogens (tertiary/aromatic N) is 1. The van der Waals surface area contributed by atoms with Crippen LogP contribution >= 0.6 is 0 Å². The van der Waals surface area contributed by atoms with Gasteiger partial charge in [0.05, 0.1) is 17.7 Å². The third-order valence-corrected chi connectivity index (χ3v) is 3.97. The first-order chi connectivity index (χ1) is 11.2. The van der Waals surface area contributed by atoms with Gasteiger partial charge in [0.1, 0.15) is 12.7 Å². The molecule has 1 aromatic carbocycles. The number of ether oxygens (including phenoxy) is 2. The van der Waals surface area contributed by atoms with Crippen molar-refractivity contribution in [3.8, 4) is 0 Å². The molecular formula is C17H19NO5. The molecule has 0 radical (unpaired) electrons. The number of fused-ring (bicyclic) bond motifs is 1. The summed E-state index contributed by atoms with van der Waals surface area (Å²) in [5.74, 6) is -0.676. The topological polar surface area (TPSA) is 76.2 Å². The highest BCUT2D eigenvalue weighted by Crippen LogP contribution is 2.22. The fourth-order valence-corrected chi connectivity index (χ4v) is 2.58. The second-order valence-corrected chi connectivity index (χ2v) is 5.76. The summed E-state index contributed by atoms with van der Waals surface area (Å²) in [6, 6.07) is 6.86. The summed E-state index contributed by atoms with van der Waals surface area (Å²) >= 11 is 0. The monoisotopic (exact) mass is 317 g/mol. The number of hydrogen-bond donors (Lipinski definition) is 0. The quantitative estimate of drug-likeness (QED) is 0.316. The minimum atomic E-state index is -0.227. The van der Waals surface area contributed by atoms with Crippen molar-refractivity contribution in [2.45, 2.75) is 31.8 Å². The number of epoxide rings is 1. The van der Waals surface area contributed by atoms with Gasteiger partial charge in [0.25, 0.3) is 11.8 Å². The van der Waals surface area contributed by atoms with E-state index in [-0.39, 0.29) is 23.9 Å². The maximum Gasteiger partial charge on any atom is 0.305 e. The maximum absolute atomic E-state index is 12.2. The molecule has 3 rings (SSSR count). The Kier molecular flexibility index (Phi) is 4.71. The van der Waals surface area contributed by atoms with Crippen LogP contribution in [-0.2, 0) is 14.3 Å². The third-order valence-electron chi connectivity index (χ3n) is 3.97. The fourth-order valence-electron chi connectivity index (χ4n) is 2.58. The average molecular weight is 317 g/mol. The van der Waals surface area contributed by atoms with E-state index < -0.39 is 0 Å². The zero-order chi connectivity index (χ0) is 16.2. The molecule has 1 unspecified atom stereocenters. The molecule has 0 N–H and O–H groups in total. The molecule has 0 aromatic heterocycles. The average Bonchev–Trinajstić information content (AvgIpc) is 3.36. The van der Waals surface area contributed by atoms with Crippen LogP contribution in [0, 0.1) is 0 Å². The van der Waals surface area contributed by atoms with Gasteiger partial charge in [-0.2, -0.15) is 0 Å². The predicted octanol–water partition coefficient (Wildman–Crippen LogP) is 1.79. The van der Waals surface area contributed by atoms with E-state index in [9.17, 15) is 14.4 Å². The van der Waals surface area contributed by atoms with Crippen molar-refractivity contribution in [1.82, 2.24) is 4.90 Å². The molecular weight excluding hydrogens is 298 g/mol. The highest BCUT2D eigenvalue weighted by atomic mass is 16.6. The Morgan fingerprint density at radius 3 is 2.39 bits per heavy atom. The lowest BCUT2D eigenvalue weighted by Gasteiger charge is -2.13. The molecule has 2 heterocycles. The van der Waals surface area contributed by atoms with Gasteiger partial charge < -0.3 is 9.47 Å². The molecule has 2 aliphatic heterocycles. The van der Waals surface area contributed by atoms with Gasteiger partial charge in [-0.1, -0.05) is 18.6 Å². The summed E-state index contributed by atoms with van der Waals surface area (Å²) in [5, 5.41) is 0. The first-order valence-corrected chi connectivity index (χ1v) is 7.89. The number of esters is 1. The molecule has 122 valence electrons. The van der Waals surface area contributed by atoms with E-state index >= 15 is 0 Å². The molecule has 1 aromatic rings. The Labute approximate surface area is 134 Å². The van der Waals surface area contributed by atoms with E-state index in [1.807, 2.05) is 0 Å². The summed E-state index contributed by atoms with van der Waals surface area (Å²) in [5.41, 5.74) is 0.951. The highest BCUT2D eigenvalue weighted by molar-refractivity contribution is 6.21. The molecule has 0 aliphatic carbocycles. The molecule has 6 heteroatoms. The molecule has 23 heavy (non-hydrogen) atoms. The van der Waals surface area contributed by atoms with Crippen molar-refractivity contribution in [2.24, 2.45) is 0 Å². The van der Waals surface area contributed by atoms with Gasteiger partial charge in [0.15, 0.2) is 0 Å². The Bertz CT molecular complexity index is 588. The Morgan fingerprint density at radius 1 is 1.13 bits per heavy atom. The van der Waals surface area contributed by atoms with E-state index in [1.165, 1.54) is 4.90 Å². The number of benzene rings is 1. The van der Waals surface area contributed by atoms with Gasteiger partial charge in [-0.25, -0.2) is 0 Å². The molecule has 0 spiro atoms. The normalized spacial score (nSPS) is 19.0. The minimum absolute atomic E-state index is 0.0905. The third kappa shape index (κ3) is 3.76. The van der Waals surface area contributed by atoms with E-state index in [2.05, 4.69) is 0 Å². The van der Waals surface area contributed by atoms with Gasteiger partial charge in [-0.05, 0) is 25.0 Å². The number of imide groups is 1. The van der Waals surface area contributed by atoms with Crippen molar-refractivity contribution >= 4 is 17.8 Å². The van der Waals surface area contributed by atoms with Crippen LogP contribution in [-0.4, -0.2) is 48.5 Å². The van der Waals surface area contributed by atoms with Crippen LogP contribution in [0.1, 0.15) is 46.4 Å². The second kappa shape index (κ2) is 6.91. The lowest BCUT2D eigenvalue weighted by atomic mass is 10.1. The standard InChI is InChI=1S/C17H19NO5/c19-15(23-11-12-10-22-12)8-2-1-5-9-18-16(20)13-6-3-4-7-14(13)17(18)21/h3-4,6-7,12H,1-2,5,8-11H2. The zero-order valence-electron chi connectivity index (χ0n) is 12.8. The van der Waals surface area contributed by atoms with Crippen LogP contribution in [0.5, 0.6) is 0 Å². The summed E-state index contributed by atoms with van der Waals surface area (Å²) in [7, 11) is 0. The summed E-state index contributed by atoms with van der Waals surface area (Å²) in [6.07, 6.45) is 2.59. The van der Waals surface area contributed by atoms with Gasteiger partial charge in [0.2, 0.25) is 0 Å². The predicted molar refractivity (Wildman–Crippen MR) is 81.0 cm³/mol. The van der Waals surface area contributed by atoms with Crippen molar-refractivity contribution in [3.63, 3.8) is 0 Å². The van der Waals surface area contributed by atoms with Crippen molar-refractivity contribution in [3.05, 3.63) is 35.4 Å². The number of unbranched alkanes of at least 4 members (excludes halogenated alkanes) is 2. The maximum atomic E-state index is 12.2. The minimum Gasteiger partial charge on any atom is -0.463 e. The molecule has 1 fully saturated rings. The van der Waals surface area contributed by atoms with Gasteiger partial charge in [0, 0.05) is 13.0 Å². The number of rotatable bonds is 8. The van der Waals surface area contributed by atoms with E-state index in [0.717, 1.165) is 6.42 Å². The smallest absolute Gasteiger partial charge is 0.305 e. The van der Waals surface area contributed by atoms with Crippen LogP contribution in [0.2, 0.25) is 0 Å². The van der Waals surface area contributed by atoms with Gasteiger partial charge >= 0.3 is 5.97 Å². The lowest BCUT2D eigenvalue weighted by Crippen LogP contribution is -2.30. The Morgan fingerprint density at radius 2 is 1.78 bits per heavy atom. The largest absolute Gasteiger partial charge is 0.463 e. The van der Waals surface area contributed by atoms with Crippen LogP contribution in [0.15, 0.2) is 24.3 Å². The molecule has 6 nitrogen and oxygen atoms in total. The van der Waals surface area contributed by atoms with E-state index in [1.54, 1.807) is 24.3 Å². The van der Waals surface area contributed by atoms with Gasteiger partial charge in [-0.15, -0.1) is 0 Å². The van der Waals surface area contributed by atoms with Crippen LogP contribution in [0.3, 0.4) is 0 Å². The number of hydrogen-bond acceptors (Lipinski definition) is 5. The molecule has 2 aliphatic rings. The van der Waals surface area contributed by atoms with Crippen LogP contribution in [0.25, 0.3) is 0 Å². The first-order valence-electron chi connectivity index (χ1n) is 7.89. The molecule has 1 atom stereocenters. The van der Waals surface area contributed by atoms with E-state index in [4.69, 9.17) is 9.47 Å². The summed E-state index contributed by atoms with van der Waals surface area (Å²) in [4.78, 5) is 37.0. The second-order valence-electron chi connectivity index (χ2n) is 5.76. The zero-order valence-corrected chi connectivity index (χ0v) is 12.8. The highest BCUT2D eigenvalue weighted by Gasteiger charge is 2.34. The van der Waals surface area contributed by atoms with E-state index in [0.29, 0.717) is 50.1 Å². The SMILES string of the molecule is O=C(CCCCCN1C(=O)c2ccccc2C1=O)OCC1CO1. The first kappa shape index (κ1) is 15.7. The molecule has 0 bridgehead atoms. The summed E-state index contributed by atoms with van der Waals surface area (Å²) < 4.78 is 10.00.